The van der Waals surface area contributed by atoms with Gasteiger partial charge in [-0.3, -0.25) is 0 Å². The van der Waals surface area contributed by atoms with Crippen molar-refractivity contribution in [2.24, 2.45) is 0 Å². The molecule has 0 saturated carbocycles. The highest BCUT2D eigenvalue weighted by molar-refractivity contribution is 5.37. The van der Waals surface area contributed by atoms with Gasteiger partial charge in [0, 0.05) is 17.5 Å². The second kappa shape index (κ2) is 5.53. The van der Waals surface area contributed by atoms with Crippen LogP contribution in [0, 0.1) is 23.3 Å². The van der Waals surface area contributed by atoms with Crippen LogP contribution in [0.5, 0.6) is 5.75 Å². The number of benzene rings is 2. The van der Waals surface area contributed by atoms with Crippen LogP contribution in [0.3, 0.4) is 0 Å². The van der Waals surface area contributed by atoms with Crippen LogP contribution in [0.2, 0.25) is 0 Å². The normalized spacial score (nSPS) is 12.3. The molecular weight excluding hydrogens is 272 g/mol. The molecule has 0 N–H and O–H groups in total. The minimum atomic E-state index is -1.40. The average Bonchev–Trinajstić information content (AvgIpc) is 2.45. The van der Waals surface area contributed by atoms with E-state index in [2.05, 4.69) is 0 Å². The average molecular weight is 284 g/mol. The summed E-state index contributed by atoms with van der Waals surface area (Å²) < 4.78 is 58.8. The highest BCUT2D eigenvalue weighted by Gasteiger charge is 2.24. The highest BCUT2D eigenvalue weighted by atomic mass is 19.2. The Balaban J connectivity index is 2.49. The number of halogens is 4. The molecule has 5 heteroatoms. The number of rotatable bonds is 3. The summed E-state index contributed by atoms with van der Waals surface area (Å²) in [7, 11) is 1.49. The number of ether oxygens (including phenoxy) is 1. The van der Waals surface area contributed by atoms with Gasteiger partial charge in [0.25, 0.3) is 0 Å². The van der Waals surface area contributed by atoms with Crippen LogP contribution in [-0.2, 0) is 0 Å². The molecular formula is C15H12F4O. The van der Waals surface area contributed by atoms with Crippen molar-refractivity contribution in [2.45, 2.75) is 12.8 Å². The quantitative estimate of drug-likeness (QED) is 0.599. The molecule has 0 bridgehead atoms. The van der Waals surface area contributed by atoms with Gasteiger partial charge in [-0.1, -0.05) is 19.1 Å². The predicted octanol–water partition coefficient (Wildman–Crippen LogP) is 4.40. The monoisotopic (exact) mass is 284 g/mol. The first kappa shape index (κ1) is 14.4. The van der Waals surface area contributed by atoms with Gasteiger partial charge >= 0.3 is 0 Å². The zero-order valence-corrected chi connectivity index (χ0v) is 10.9. The van der Waals surface area contributed by atoms with E-state index in [1.165, 1.54) is 14.0 Å². The van der Waals surface area contributed by atoms with Crippen molar-refractivity contribution in [1.29, 1.82) is 0 Å². The maximum absolute atomic E-state index is 13.7. The van der Waals surface area contributed by atoms with Gasteiger partial charge in [0.2, 0.25) is 0 Å². The molecule has 0 fully saturated rings. The van der Waals surface area contributed by atoms with Gasteiger partial charge in [0.05, 0.1) is 7.11 Å². The van der Waals surface area contributed by atoms with Crippen molar-refractivity contribution in [3.05, 3.63) is 64.7 Å². The predicted molar refractivity (Wildman–Crippen MR) is 66.8 cm³/mol. The van der Waals surface area contributed by atoms with Crippen LogP contribution < -0.4 is 4.74 Å². The molecule has 0 aliphatic carbocycles. The molecule has 1 atom stereocenters. The van der Waals surface area contributed by atoms with Gasteiger partial charge in [-0.2, -0.15) is 0 Å². The zero-order valence-electron chi connectivity index (χ0n) is 10.9. The van der Waals surface area contributed by atoms with E-state index in [1.807, 2.05) is 0 Å². The number of methoxy groups -OCH3 is 1. The fourth-order valence-corrected chi connectivity index (χ4v) is 2.03. The van der Waals surface area contributed by atoms with Crippen molar-refractivity contribution < 1.29 is 22.3 Å². The molecule has 106 valence electrons. The van der Waals surface area contributed by atoms with E-state index >= 15 is 0 Å². The van der Waals surface area contributed by atoms with Crippen molar-refractivity contribution in [2.75, 3.05) is 7.11 Å². The lowest BCUT2D eigenvalue weighted by atomic mass is 9.92. The fourth-order valence-electron chi connectivity index (χ4n) is 2.03. The molecule has 2 rings (SSSR count). The first-order chi connectivity index (χ1) is 9.45. The lowest BCUT2D eigenvalue weighted by Crippen LogP contribution is -2.07. The van der Waals surface area contributed by atoms with E-state index < -0.39 is 34.8 Å². The summed E-state index contributed by atoms with van der Waals surface area (Å²) in [5.74, 6) is -5.80. The third-order valence-electron chi connectivity index (χ3n) is 3.19. The Morgan fingerprint density at radius 2 is 1.40 bits per heavy atom. The van der Waals surface area contributed by atoms with Gasteiger partial charge < -0.3 is 4.74 Å². The molecule has 0 amide bonds. The topological polar surface area (TPSA) is 9.23 Å². The van der Waals surface area contributed by atoms with E-state index in [9.17, 15) is 17.6 Å². The summed E-state index contributed by atoms with van der Waals surface area (Å²) in [6.07, 6.45) is 0. The molecule has 2 aromatic carbocycles. The third kappa shape index (κ3) is 2.48. The van der Waals surface area contributed by atoms with Crippen LogP contribution in [-0.4, -0.2) is 7.11 Å². The lowest BCUT2D eigenvalue weighted by Gasteiger charge is -2.15. The van der Waals surface area contributed by atoms with Crippen molar-refractivity contribution >= 4 is 0 Å². The summed E-state index contributed by atoms with van der Waals surface area (Å²) in [6, 6.07) is 6.60. The first-order valence-corrected chi connectivity index (χ1v) is 5.92. The van der Waals surface area contributed by atoms with Gasteiger partial charge in [-0.25, -0.2) is 17.6 Å². The highest BCUT2D eigenvalue weighted by Crippen LogP contribution is 2.31. The van der Waals surface area contributed by atoms with Gasteiger partial charge in [0.1, 0.15) is 5.75 Å². The molecule has 20 heavy (non-hydrogen) atoms. The molecule has 0 saturated heterocycles. The fraction of sp³-hybridized carbons (Fsp3) is 0.200. The van der Waals surface area contributed by atoms with Gasteiger partial charge in [-0.05, 0) is 17.7 Å². The van der Waals surface area contributed by atoms with E-state index in [1.54, 1.807) is 24.3 Å². The largest absolute Gasteiger partial charge is 0.497 e. The van der Waals surface area contributed by atoms with Gasteiger partial charge in [0.15, 0.2) is 23.3 Å². The van der Waals surface area contributed by atoms with Crippen LogP contribution in [0.15, 0.2) is 30.3 Å². The Bertz CT molecular complexity index is 597. The number of hydrogen-bond acceptors (Lipinski definition) is 1. The molecule has 0 radical (unpaired) electrons. The lowest BCUT2D eigenvalue weighted by molar-refractivity contribution is 0.414. The molecule has 0 heterocycles. The van der Waals surface area contributed by atoms with E-state index in [4.69, 9.17) is 4.74 Å². The second-order valence-corrected chi connectivity index (χ2v) is 4.38. The maximum Gasteiger partial charge on any atom is 0.165 e. The minimum Gasteiger partial charge on any atom is -0.497 e. The summed E-state index contributed by atoms with van der Waals surface area (Å²) in [5.41, 5.74) is -0.0960. The zero-order chi connectivity index (χ0) is 14.9. The molecule has 0 aliphatic rings. The van der Waals surface area contributed by atoms with Crippen LogP contribution in [0.1, 0.15) is 24.0 Å². The summed E-state index contributed by atoms with van der Waals surface area (Å²) in [4.78, 5) is 0. The van der Waals surface area contributed by atoms with Crippen molar-refractivity contribution in [1.82, 2.24) is 0 Å². The smallest absolute Gasteiger partial charge is 0.165 e. The van der Waals surface area contributed by atoms with Gasteiger partial charge in [-0.15, -0.1) is 0 Å². The summed E-state index contributed by atoms with van der Waals surface area (Å²) >= 11 is 0. The maximum atomic E-state index is 13.7. The van der Waals surface area contributed by atoms with Crippen LogP contribution in [0.25, 0.3) is 0 Å². The third-order valence-corrected chi connectivity index (χ3v) is 3.19. The molecule has 1 nitrogen and oxygen atoms in total. The van der Waals surface area contributed by atoms with Crippen molar-refractivity contribution in [3.8, 4) is 5.75 Å². The number of hydrogen-bond donors (Lipinski definition) is 0. The van der Waals surface area contributed by atoms with E-state index in [0.717, 1.165) is 0 Å². The Hall–Kier alpha value is -2.04. The summed E-state index contributed by atoms with van der Waals surface area (Å²) in [5, 5.41) is 0. The summed E-state index contributed by atoms with van der Waals surface area (Å²) in [6.45, 7) is 1.47. The Kier molecular flexibility index (Phi) is 3.97. The Morgan fingerprint density at radius 3 is 1.85 bits per heavy atom. The standard InChI is InChI=1S/C15H12F4O/c1-8(9-3-5-10(20-2)6-4-9)13-14(18)11(16)7-12(17)15(13)19/h3-8H,1-2H3. The Morgan fingerprint density at radius 1 is 0.900 bits per heavy atom. The molecule has 0 spiro atoms. The Labute approximate surface area is 113 Å². The molecule has 2 aromatic rings. The van der Waals surface area contributed by atoms with E-state index in [0.29, 0.717) is 11.3 Å². The van der Waals surface area contributed by atoms with E-state index in [-0.39, 0.29) is 6.07 Å². The van der Waals surface area contributed by atoms with Crippen LogP contribution in [0.4, 0.5) is 17.6 Å². The van der Waals surface area contributed by atoms with Crippen LogP contribution >= 0.6 is 0 Å². The molecule has 0 aromatic heterocycles. The molecule has 0 aliphatic heterocycles. The molecule has 1 unspecified atom stereocenters. The van der Waals surface area contributed by atoms with Crippen molar-refractivity contribution in [3.63, 3.8) is 0 Å². The first-order valence-electron chi connectivity index (χ1n) is 5.92. The SMILES string of the molecule is COc1ccc(C(C)c2c(F)c(F)cc(F)c2F)cc1. The minimum absolute atomic E-state index is 0.203. The second-order valence-electron chi connectivity index (χ2n) is 4.38.